The Kier molecular flexibility index (Phi) is 4.23. The number of fused-ring (bicyclic) bond motifs is 1. The number of anilines is 1. The standard InChI is InChI=1S/C15H21NO5S/c1-10-15(2,3)12-9-11(14(17)18)5-6-13(12)16(10)7-4-8-22(19,20)21/h5-6,9-10H,4,7-8H2,1-3H3,(H,17,18)(H,19,20,21). The molecule has 0 saturated carbocycles. The molecule has 2 rings (SSSR count). The van der Waals surface area contributed by atoms with Gasteiger partial charge in [-0.25, -0.2) is 4.79 Å². The van der Waals surface area contributed by atoms with Gasteiger partial charge in [0.15, 0.2) is 0 Å². The fraction of sp³-hybridized carbons (Fsp3) is 0.533. The zero-order chi connectivity index (χ0) is 16.7. The first-order valence-electron chi connectivity index (χ1n) is 7.13. The zero-order valence-electron chi connectivity index (χ0n) is 12.9. The van der Waals surface area contributed by atoms with Gasteiger partial charge in [-0.1, -0.05) is 13.8 Å². The summed E-state index contributed by atoms with van der Waals surface area (Å²) in [4.78, 5) is 13.2. The van der Waals surface area contributed by atoms with Gasteiger partial charge >= 0.3 is 5.97 Å². The molecule has 1 atom stereocenters. The normalized spacial score (nSPS) is 20.0. The molecule has 1 aliphatic heterocycles. The molecule has 1 aliphatic rings. The second kappa shape index (κ2) is 5.55. The SMILES string of the molecule is CC1N(CCCS(=O)(=O)O)c2ccc(C(=O)O)cc2C1(C)C. The molecule has 0 spiro atoms. The topological polar surface area (TPSA) is 94.9 Å². The van der Waals surface area contributed by atoms with Crippen LogP contribution in [0.15, 0.2) is 18.2 Å². The minimum Gasteiger partial charge on any atom is -0.478 e. The minimum absolute atomic E-state index is 0.105. The summed E-state index contributed by atoms with van der Waals surface area (Å²) in [6.07, 6.45) is 0.319. The second-order valence-corrected chi connectivity index (χ2v) is 7.84. The predicted molar refractivity (Wildman–Crippen MR) is 84.3 cm³/mol. The highest BCUT2D eigenvalue weighted by molar-refractivity contribution is 7.85. The van der Waals surface area contributed by atoms with Crippen molar-refractivity contribution < 1.29 is 22.9 Å². The van der Waals surface area contributed by atoms with Gasteiger partial charge in [-0.05, 0) is 37.1 Å². The third kappa shape index (κ3) is 3.10. The summed E-state index contributed by atoms with van der Waals surface area (Å²) in [5.74, 6) is -1.24. The third-order valence-corrected chi connectivity index (χ3v) is 5.36. The van der Waals surface area contributed by atoms with Gasteiger partial charge in [-0.3, -0.25) is 4.55 Å². The summed E-state index contributed by atoms with van der Waals surface area (Å²) in [5, 5.41) is 9.14. The largest absolute Gasteiger partial charge is 0.478 e. The Morgan fingerprint density at radius 3 is 2.55 bits per heavy atom. The Labute approximate surface area is 130 Å². The molecule has 0 bridgehead atoms. The molecule has 1 unspecified atom stereocenters. The van der Waals surface area contributed by atoms with Crippen LogP contribution < -0.4 is 4.90 Å². The second-order valence-electron chi connectivity index (χ2n) is 6.27. The average molecular weight is 327 g/mol. The Morgan fingerprint density at radius 1 is 1.36 bits per heavy atom. The van der Waals surface area contributed by atoms with Crippen LogP contribution in [0.4, 0.5) is 5.69 Å². The van der Waals surface area contributed by atoms with E-state index in [1.807, 2.05) is 20.8 Å². The van der Waals surface area contributed by atoms with Crippen molar-refractivity contribution in [1.82, 2.24) is 0 Å². The molecule has 0 radical (unpaired) electrons. The van der Waals surface area contributed by atoms with Crippen LogP contribution in [0.25, 0.3) is 0 Å². The molecule has 0 amide bonds. The summed E-state index contributed by atoms with van der Waals surface area (Å²) in [7, 11) is -3.96. The summed E-state index contributed by atoms with van der Waals surface area (Å²) < 4.78 is 30.5. The van der Waals surface area contributed by atoms with Gasteiger partial charge in [-0.15, -0.1) is 0 Å². The number of benzene rings is 1. The first kappa shape index (κ1) is 16.8. The number of aromatic carboxylic acids is 1. The molecule has 1 heterocycles. The van der Waals surface area contributed by atoms with Crippen molar-refractivity contribution in [1.29, 1.82) is 0 Å². The van der Waals surface area contributed by atoms with Crippen molar-refractivity contribution in [2.75, 3.05) is 17.2 Å². The number of hydrogen-bond donors (Lipinski definition) is 2. The maximum atomic E-state index is 11.1. The van der Waals surface area contributed by atoms with Crippen molar-refractivity contribution in [2.24, 2.45) is 0 Å². The van der Waals surface area contributed by atoms with Gasteiger partial charge in [0.2, 0.25) is 0 Å². The van der Waals surface area contributed by atoms with Crippen molar-refractivity contribution in [3.05, 3.63) is 29.3 Å². The van der Waals surface area contributed by atoms with Gasteiger partial charge in [0, 0.05) is 23.7 Å². The van der Waals surface area contributed by atoms with Crippen LogP contribution in [-0.2, 0) is 15.5 Å². The molecule has 0 aromatic heterocycles. The molecule has 122 valence electrons. The van der Waals surface area contributed by atoms with E-state index in [-0.39, 0.29) is 22.8 Å². The molecule has 6 nitrogen and oxygen atoms in total. The Morgan fingerprint density at radius 2 is 2.00 bits per heavy atom. The summed E-state index contributed by atoms with van der Waals surface area (Å²) in [5.41, 5.74) is 1.89. The van der Waals surface area contributed by atoms with Crippen LogP contribution in [0.3, 0.4) is 0 Å². The lowest BCUT2D eigenvalue weighted by Gasteiger charge is -2.31. The molecular formula is C15H21NO5S. The molecule has 0 fully saturated rings. The van der Waals surface area contributed by atoms with E-state index in [9.17, 15) is 13.2 Å². The number of carbonyl (C=O) groups is 1. The highest BCUT2D eigenvalue weighted by atomic mass is 32.2. The van der Waals surface area contributed by atoms with E-state index in [2.05, 4.69) is 4.90 Å². The lowest BCUT2D eigenvalue weighted by Crippen LogP contribution is -2.39. The van der Waals surface area contributed by atoms with Crippen molar-refractivity contribution in [3.63, 3.8) is 0 Å². The molecule has 0 aliphatic carbocycles. The molecule has 2 N–H and O–H groups in total. The highest BCUT2D eigenvalue weighted by Crippen LogP contribution is 2.45. The van der Waals surface area contributed by atoms with E-state index >= 15 is 0 Å². The van der Waals surface area contributed by atoms with E-state index in [0.717, 1.165) is 11.3 Å². The number of carboxylic acid groups (broad SMARTS) is 1. The van der Waals surface area contributed by atoms with E-state index in [1.54, 1.807) is 18.2 Å². The van der Waals surface area contributed by atoms with Gasteiger partial charge in [0.1, 0.15) is 0 Å². The molecule has 0 saturated heterocycles. The first-order valence-corrected chi connectivity index (χ1v) is 8.74. The van der Waals surface area contributed by atoms with Gasteiger partial charge in [0.25, 0.3) is 10.1 Å². The van der Waals surface area contributed by atoms with Crippen LogP contribution in [0.1, 0.15) is 43.1 Å². The molecular weight excluding hydrogens is 306 g/mol. The first-order chi connectivity index (χ1) is 10.0. The monoisotopic (exact) mass is 327 g/mol. The van der Waals surface area contributed by atoms with Crippen LogP contribution in [0.2, 0.25) is 0 Å². The minimum atomic E-state index is -3.96. The number of rotatable bonds is 5. The Balaban J connectivity index is 2.30. The third-order valence-electron chi connectivity index (χ3n) is 4.56. The van der Waals surface area contributed by atoms with Crippen molar-refractivity contribution in [3.8, 4) is 0 Å². The van der Waals surface area contributed by atoms with E-state index < -0.39 is 16.1 Å². The van der Waals surface area contributed by atoms with Crippen LogP contribution in [0, 0.1) is 0 Å². The lowest BCUT2D eigenvalue weighted by atomic mass is 9.81. The fourth-order valence-corrected chi connectivity index (χ4v) is 3.48. The van der Waals surface area contributed by atoms with Gasteiger partial charge in [-0.2, -0.15) is 8.42 Å². The zero-order valence-corrected chi connectivity index (χ0v) is 13.7. The maximum Gasteiger partial charge on any atom is 0.335 e. The summed E-state index contributed by atoms with van der Waals surface area (Å²) in [6, 6.07) is 5.13. The molecule has 1 aromatic carbocycles. The van der Waals surface area contributed by atoms with Crippen LogP contribution in [-0.4, -0.2) is 42.4 Å². The predicted octanol–water partition coefficient (Wildman–Crippen LogP) is 2.15. The van der Waals surface area contributed by atoms with Crippen molar-refractivity contribution in [2.45, 2.75) is 38.6 Å². The maximum absolute atomic E-state index is 11.1. The van der Waals surface area contributed by atoms with Crippen LogP contribution >= 0.6 is 0 Å². The van der Waals surface area contributed by atoms with E-state index in [0.29, 0.717) is 13.0 Å². The highest BCUT2D eigenvalue weighted by Gasteiger charge is 2.41. The van der Waals surface area contributed by atoms with E-state index in [1.165, 1.54) is 0 Å². The number of hydrogen-bond acceptors (Lipinski definition) is 4. The van der Waals surface area contributed by atoms with Gasteiger partial charge in [0.05, 0.1) is 11.3 Å². The fourth-order valence-electron chi connectivity index (χ4n) is 2.99. The summed E-state index contributed by atoms with van der Waals surface area (Å²) in [6.45, 7) is 6.62. The van der Waals surface area contributed by atoms with Crippen LogP contribution in [0.5, 0.6) is 0 Å². The Hall–Kier alpha value is -1.60. The lowest BCUT2D eigenvalue weighted by molar-refractivity contribution is 0.0696. The quantitative estimate of drug-likeness (QED) is 0.805. The van der Waals surface area contributed by atoms with E-state index in [4.69, 9.17) is 9.66 Å². The number of nitrogens with zero attached hydrogens (tertiary/aromatic N) is 1. The molecule has 7 heteroatoms. The smallest absolute Gasteiger partial charge is 0.335 e. The number of carboxylic acids is 1. The average Bonchev–Trinajstić information content (AvgIpc) is 2.58. The van der Waals surface area contributed by atoms with Crippen molar-refractivity contribution >= 4 is 21.8 Å². The molecule has 22 heavy (non-hydrogen) atoms. The molecule has 1 aromatic rings. The Bertz CT molecular complexity index is 696. The summed E-state index contributed by atoms with van der Waals surface area (Å²) >= 11 is 0. The van der Waals surface area contributed by atoms with Gasteiger partial charge < -0.3 is 10.0 Å².